The SMILES string of the molecule is CCn1c(COc2ccc(C)c(C)c2)nnc1SCc1cccc(Cl)c1. The molecule has 0 fully saturated rings. The molecule has 0 spiro atoms. The Kier molecular flexibility index (Phi) is 6.22. The second-order valence-electron chi connectivity index (χ2n) is 6.10. The largest absolute Gasteiger partial charge is 0.486 e. The molecule has 136 valence electrons. The van der Waals surface area contributed by atoms with Gasteiger partial charge in [0.15, 0.2) is 11.0 Å². The molecular weight excluding hydrogens is 366 g/mol. The van der Waals surface area contributed by atoms with Gasteiger partial charge in [0.1, 0.15) is 12.4 Å². The van der Waals surface area contributed by atoms with E-state index in [9.17, 15) is 0 Å². The zero-order chi connectivity index (χ0) is 18.5. The Morgan fingerprint density at radius 1 is 1.08 bits per heavy atom. The Labute approximate surface area is 163 Å². The van der Waals surface area contributed by atoms with Gasteiger partial charge in [-0.05, 0) is 61.7 Å². The van der Waals surface area contributed by atoms with E-state index in [1.807, 2.05) is 24.3 Å². The van der Waals surface area contributed by atoms with Crippen molar-refractivity contribution in [2.45, 2.75) is 44.8 Å². The van der Waals surface area contributed by atoms with Crippen LogP contribution in [0.2, 0.25) is 5.02 Å². The van der Waals surface area contributed by atoms with Gasteiger partial charge in [-0.15, -0.1) is 10.2 Å². The average Bonchev–Trinajstić information content (AvgIpc) is 3.03. The van der Waals surface area contributed by atoms with Crippen molar-refractivity contribution in [1.82, 2.24) is 14.8 Å². The molecule has 1 aromatic heterocycles. The summed E-state index contributed by atoms with van der Waals surface area (Å²) in [6.45, 7) is 7.47. The highest BCUT2D eigenvalue weighted by atomic mass is 35.5. The van der Waals surface area contributed by atoms with Gasteiger partial charge >= 0.3 is 0 Å². The molecule has 0 unspecified atom stereocenters. The number of nitrogens with zero attached hydrogens (tertiary/aromatic N) is 3. The normalized spacial score (nSPS) is 10.9. The van der Waals surface area contributed by atoms with Crippen LogP contribution in [0.5, 0.6) is 5.75 Å². The standard InChI is InChI=1S/C20H22ClN3OS/c1-4-24-19(12-25-18-9-8-14(2)15(3)10-18)22-23-20(24)26-13-16-6-5-7-17(21)11-16/h5-11H,4,12-13H2,1-3H3. The molecule has 0 radical (unpaired) electrons. The van der Waals surface area contributed by atoms with Crippen LogP contribution in [0.4, 0.5) is 0 Å². The minimum Gasteiger partial charge on any atom is -0.486 e. The summed E-state index contributed by atoms with van der Waals surface area (Å²) in [5.74, 6) is 2.49. The first-order valence-corrected chi connectivity index (χ1v) is 9.92. The Morgan fingerprint density at radius 3 is 2.65 bits per heavy atom. The summed E-state index contributed by atoms with van der Waals surface area (Å²) < 4.78 is 8.01. The van der Waals surface area contributed by atoms with Crippen LogP contribution in [-0.4, -0.2) is 14.8 Å². The molecule has 2 aromatic carbocycles. The molecule has 0 saturated heterocycles. The highest BCUT2D eigenvalue weighted by Gasteiger charge is 2.12. The highest BCUT2D eigenvalue weighted by Crippen LogP contribution is 2.24. The van der Waals surface area contributed by atoms with Crippen molar-refractivity contribution in [3.05, 3.63) is 70.0 Å². The van der Waals surface area contributed by atoms with Crippen LogP contribution in [0.15, 0.2) is 47.6 Å². The topological polar surface area (TPSA) is 39.9 Å². The predicted molar refractivity (Wildman–Crippen MR) is 107 cm³/mol. The predicted octanol–water partition coefficient (Wildman–Crippen LogP) is 5.44. The second kappa shape index (κ2) is 8.60. The quantitative estimate of drug-likeness (QED) is 0.506. The zero-order valence-electron chi connectivity index (χ0n) is 15.2. The lowest BCUT2D eigenvalue weighted by Crippen LogP contribution is -2.07. The van der Waals surface area contributed by atoms with Crippen LogP contribution >= 0.6 is 23.4 Å². The fourth-order valence-corrected chi connectivity index (χ4v) is 3.75. The molecule has 3 rings (SSSR count). The van der Waals surface area contributed by atoms with Crippen molar-refractivity contribution in [2.24, 2.45) is 0 Å². The van der Waals surface area contributed by atoms with Gasteiger partial charge in [-0.1, -0.05) is 41.6 Å². The lowest BCUT2D eigenvalue weighted by Gasteiger charge is -2.10. The first kappa shape index (κ1) is 18.8. The third-order valence-corrected chi connectivity index (χ3v) is 5.49. The van der Waals surface area contributed by atoms with Gasteiger partial charge in [-0.25, -0.2) is 0 Å². The molecule has 1 heterocycles. The first-order chi connectivity index (χ1) is 12.6. The van der Waals surface area contributed by atoms with E-state index in [-0.39, 0.29) is 0 Å². The van der Waals surface area contributed by atoms with Crippen molar-refractivity contribution < 1.29 is 4.74 Å². The van der Waals surface area contributed by atoms with Crippen LogP contribution in [0, 0.1) is 13.8 Å². The van der Waals surface area contributed by atoms with Crippen LogP contribution in [0.3, 0.4) is 0 Å². The fourth-order valence-electron chi connectivity index (χ4n) is 2.58. The van der Waals surface area contributed by atoms with Gasteiger partial charge < -0.3 is 9.30 Å². The maximum absolute atomic E-state index is 6.05. The van der Waals surface area contributed by atoms with E-state index < -0.39 is 0 Å². The molecule has 0 aliphatic carbocycles. The molecule has 0 N–H and O–H groups in total. The molecule has 0 aliphatic rings. The molecule has 26 heavy (non-hydrogen) atoms. The van der Waals surface area contributed by atoms with E-state index in [0.29, 0.717) is 6.61 Å². The summed E-state index contributed by atoms with van der Waals surface area (Å²) in [6, 6.07) is 14.0. The molecule has 0 bridgehead atoms. The van der Waals surface area contributed by atoms with Crippen molar-refractivity contribution >= 4 is 23.4 Å². The number of ether oxygens (including phenoxy) is 1. The maximum Gasteiger partial charge on any atom is 0.191 e. The number of aromatic nitrogens is 3. The third-order valence-electron chi connectivity index (χ3n) is 4.21. The van der Waals surface area contributed by atoms with Gasteiger partial charge in [-0.3, -0.25) is 0 Å². The number of aryl methyl sites for hydroxylation is 2. The van der Waals surface area contributed by atoms with E-state index in [1.54, 1.807) is 11.8 Å². The summed E-state index contributed by atoms with van der Waals surface area (Å²) in [4.78, 5) is 0. The number of halogens is 1. The Morgan fingerprint density at radius 2 is 1.92 bits per heavy atom. The molecule has 0 saturated carbocycles. The molecule has 0 aliphatic heterocycles. The third kappa shape index (κ3) is 4.59. The smallest absolute Gasteiger partial charge is 0.191 e. The number of rotatable bonds is 7. The van der Waals surface area contributed by atoms with Crippen LogP contribution in [0.25, 0.3) is 0 Å². The highest BCUT2D eigenvalue weighted by molar-refractivity contribution is 7.98. The number of hydrogen-bond donors (Lipinski definition) is 0. The van der Waals surface area contributed by atoms with Gasteiger partial charge in [0, 0.05) is 17.3 Å². The minimum absolute atomic E-state index is 0.404. The van der Waals surface area contributed by atoms with Crippen molar-refractivity contribution in [2.75, 3.05) is 0 Å². The number of hydrogen-bond acceptors (Lipinski definition) is 4. The summed E-state index contributed by atoms with van der Waals surface area (Å²) in [5.41, 5.74) is 3.65. The van der Waals surface area contributed by atoms with Gasteiger partial charge in [0.25, 0.3) is 0 Å². The first-order valence-electron chi connectivity index (χ1n) is 8.56. The minimum atomic E-state index is 0.404. The van der Waals surface area contributed by atoms with Crippen LogP contribution in [0.1, 0.15) is 29.4 Å². The molecule has 0 atom stereocenters. The Bertz CT molecular complexity index is 895. The van der Waals surface area contributed by atoms with Crippen molar-refractivity contribution in [3.63, 3.8) is 0 Å². The number of benzene rings is 2. The molecule has 3 aromatic rings. The molecular formula is C20H22ClN3OS. The van der Waals surface area contributed by atoms with Gasteiger partial charge in [0.05, 0.1) is 0 Å². The Hall–Kier alpha value is -1.98. The summed E-state index contributed by atoms with van der Waals surface area (Å²) in [6.07, 6.45) is 0. The zero-order valence-corrected chi connectivity index (χ0v) is 16.8. The fraction of sp³-hybridized carbons (Fsp3) is 0.300. The maximum atomic E-state index is 6.05. The van der Waals surface area contributed by atoms with E-state index >= 15 is 0 Å². The summed E-state index contributed by atoms with van der Waals surface area (Å²) in [7, 11) is 0. The van der Waals surface area contributed by atoms with Gasteiger partial charge in [0.2, 0.25) is 0 Å². The van der Waals surface area contributed by atoms with E-state index in [1.165, 1.54) is 16.7 Å². The van der Waals surface area contributed by atoms with Crippen molar-refractivity contribution in [1.29, 1.82) is 0 Å². The van der Waals surface area contributed by atoms with Crippen LogP contribution < -0.4 is 4.74 Å². The monoisotopic (exact) mass is 387 g/mol. The summed E-state index contributed by atoms with van der Waals surface area (Å²) in [5, 5.41) is 10.3. The second-order valence-corrected chi connectivity index (χ2v) is 7.48. The Balaban J connectivity index is 1.66. The van der Waals surface area contributed by atoms with Crippen molar-refractivity contribution in [3.8, 4) is 5.75 Å². The lowest BCUT2D eigenvalue weighted by molar-refractivity contribution is 0.288. The average molecular weight is 388 g/mol. The van der Waals surface area contributed by atoms with E-state index in [0.717, 1.165) is 34.1 Å². The van der Waals surface area contributed by atoms with E-state index in [4.69, 9.17) is 16.3 Å². The van der Waals surface area contributed by atoms with Gasteiger partial charge in [-0.2, -0.15) is 0 Å². The summed E-state index contributed by atoms with van der Waals surface area (Å²) >= 11 is 7.71. The van der Waals surface area contributed by atoms with Crippen LogP contribution in [-0.2, 0) is 18.9 Å². The molecule has 0 amide bonds. The number of thioether (sulfide) groups is 1. The molecule has 4 nitrogen and oxygen atoms in total. The van der Waals surface area contributed by atoms with E-state index in [2.05, 4.69) is 53.7 Å². The molecule has 6 heteroatoms. The lowest BCUT2D eigenvalue weighted by atomic mass is 10.1.